The summed E-state index contributed by atoms with van der Waals surface area (Å²) < 4.78 is 12.4. The average Bonchev–Trinajstić information content (AvgIpc) is 2.96. The standard InChI is InChI=1S/C12H10N2O2/c1-15-9-2-3-11-10(4-5-14(11)7-9)12-6-13-8-16-12/h2-8H,1H3. The van der Waals surface area contributed by atoms with Crippen molar-refractivity contribution in [2.24, 2.45) is 0 Å². The molecular weight excluding hydrogens is 204 g/mol. The highest BCUT2D eigenvalue weighted by molar-refractivity contribution is 5.77. The molecule has 0 saturated carbocycles. The molecule has 0 aliphatic carbocycles. The molecule has 0 unspecified atom stereocenters. The fourth-order valence-electron chi connectivity index (χ4n) is 1.77. The molecule has 0 N–H and O–H groups in total. The quantitative estimate of drug-likeness (QED) is 0.658. The molecule has 16 heavy (non-hydrogen) atoms. The Morgan fingerprint density at radius 3 is 3.00 bits per heavy atom. The van der Waals surface area contributed by atoms with Gasteiger partial charge in [0, 0.05) is 11.8 Å². The molecule has 0 saturated heterocycles. The van der Waals surface area contributed by atoms with Crippen molar-refractivity contribution in [1.29, 1.82) is 0 Å². The second-order valence-corrected chi connectivity index (χ2v) is 3.46. The minimum Gasteiger partial charge on any atom is -0.495 e. The van der Waals surface area contributed by atoms with Crippen LogP contribution in [0.3, 0.4) is 0 Å². The van der Waals surface area contributed by atoms with Gasteiger partial charge in [-0.2, -0.15) is 0 Å². The van der Waals surface area contributed by atoms with Crippen LogP contribution in [0.1, 0.15) is 0 Å². The van der Waals surface area contributed by atoms with Crippen LogP contribution >= 0.6 is 0 Å². The van der Waals surface area contributed by atoms with Gasteiger partial charge in [-0.15, -0.1) is 0 Å². The third-order valence-corrected chi connectivity index (χ3v) is 2.56. The zero-order valence-corrected chi connectivity index (χ0v) is 8.75. The van der Waals surface area contributed by atoms with Gasteiger partial charge in [0.2, 0.25) is 0 Å². The van der Waals surface area contributed by atoms with Crippen molar-refractivity contribution in [3.05, 3.63) is 43.2 Å². The van der Waals surface area contributed by atoms with Crippen LogP contribution in [0.2, 0.25) is 0 Å². The number of methoxy groups -OCH3 is 1. The zero-order chi connectivity index (χ0) is 11.0. The van der Waals surface area contributed by atoms with Crippen LogP contribution < -0.4 is 4.74 Å². The predicted octanol–water partition coefficient (Wildman–Crippen LogP) is 2.60. The molecule has 0 aromatic carbocycles. The SMILES string of the molecule is COc1ccc2c(-c3cnco3)ccn2c1. The molecule has 4 nitrogen and oxygen atoms in total. The van der Waals surface area contributed by atoms with Crippen LogP contribution in [0.25, 0.3) is 16.8 Å². The van der Waals surface area contributed by atoms with Gasteiger partial charge in [0.15, 0.2) is 12.2 Å². The molecule has 0 aliphatic heterocycles. The van der Waals surface area contributed by atoms with Gasteiger partial charge >= 0.3 is 0 Å². The van der Waals surface area contributed by atoms with Crippen LogP contribution in [-0.4, -0.2) is 16.5 Å². The Hall–Kier alpha value is -2.23. The fraction of sp³-hybridized carbons (Fsp3) is 0.0833. The van der Waals surface area contributed by atoms with Crippen LogP contribution in [0.5, 0.6) is 5.75 Å². The van der Waals surface area contributed by atoms with Crippen molar-refractivity contribution in [3.8, 4) is 17.1 Å². The summed E-state index contributed by atoms with van der Waals surface area (Å²) in [6.45, 7) is 0. The molecule has 3 aromatic heterocycles. The van der Waals surface area contributed by atoms with Crippen molar-refractivity contribution in [2.75, 3.05) is 7.11 Å². The molecule has 0 atom stereocenters. The minimum absolute atomic E-state index is 0.771. The second kappa shape index (κ2) is 3.41. The van der Waals surface area contributed by atoms with Gasteiger partial charge in [0.1, 0.15) is 5.75 Å². The smallest absolute Gasteiger partial charge is 0.181 e. The summed E-state index contributed by atoms with van der Waals surface area (Å²) in [5.41, 5.74) is 2.10. The lowest BCUT2D eigenvalue weighted by atomic mass is 10.2. The Morgan fingerprint density at radius 2 is 2.25 bits per heavy atom. The number of fused-ring (bicyclic) bond motifs is 1. The molecular formula is C12H10N2O2. The van der Waals surface area contributed by atoms with E-state index in [1.807, 2.05) is 35.0 Å². The largest absolute Gasteiger partial charge is 0.495 e. The summed E-state index contributed by atoms with van der Waals surface area (Å²) in [7, 11) is 1.65. The van der Waals surface area contributed by atoms with Gasteiger partial charge in [-0.25, -0.2) is 4.98 Å². The van der Waals surface area contributed by atoms with Gasteiger partial charge in [-0.1, -0.05) is 0 Å². The molecule has 0 bridgehead atoms. The van der Waals surface area contributed by atoms with E-state index in [0.29, 0.717) is 0 Å². The summed E-state index contributed by atoms with van der Waals surface area (Å²) in [5, 5.41) is 0. The van der Waals surface area contributed by atoms with Crippen molar-refractivity contribution < 1.29 is 9.15 Å². The highest BCUT2D eigenvalue weighted by Gasteiger charge is 2.08. The van der Waals surface area contributed by atoms with Gasteiger partial charge in [0.05, 0.1) is 25.0 Å². The Balaban J connectivity index is 2.21. The van der Waals surface area contributed by atoms with Crippen LogP contribution in [0, 0.1) is 0 Å². The number of aromatic nitrogens is 2. The maximum Gasteiger partial charge on any atom is 0.181 e. The molecule has 4 heteroatoms. The summed E-state index contributed by atoms with van der Waals surface area (Å²) in [4.78, 5) is 3.92. The summed E-state index contributed by atoms with van der Waals surface area (Å²) >= 11 is 0. The van der Waals surface area contributed by atoms with E-state index < -0.39 is 0 Å². The lowest BCUT2D eigenvalue weighted by Gasteiger charge is -2.01. The number of pyridine rings is 1. The highest BCUT2D eigenvalue weighted by atomic mass is 16.5. The van der Waals surface area contributed by atoms with Gasteiger partial charge in [0.25, 0.3) is 0 Å². The molecule has 0 amide bonds. The van der Waals surface area contributed by atoms with E-state index >= 15 is 0 Å². The van der Waals surface area contributed by atoms with Crippen molar-refractivity contribution in [1.82, 2.24) is 9.38 Å². The van der Waals surface area contributed by atoms with E-state index in [1.54, 1.807) is 13.3 Å². The topological polar surface area (TPSA) is 39.7 Å². The van der Waals surface area contributed by atoms with E-state index in [2.05, 4.69) is 4.98 Å². The summed E-state index contributed by atoms with van der Waals surface area (Å²) in [6, 6.07) is 5.92. The van der Waals surface area contributed by atoms with Crippen molar-refractivity contribution in [3.63, 3.8) is 0 Å². The normalized spacial score (nSPS) is 10.8. The monoisotopic (exact) mass is 214 g/mol. The van der Waals surface area contributed by atoms with Gasteiger partial charge in [-0.05, 0) is 18.2 Å². The lowest BCUT2D eigenvalue weighted by molar-refractivity contribution is 0.412. The number of nitrogens with zero attached hydrogens (tertiary/aromatic N) is 2. The summed E-state index contributed by atoms with van der Waals surface area (Å²) in [5.74, 6) is 1.60. The first-order valence-electron chi connectivity index (χ1n) is 4.92. The number of hydrogen-bond acceptors (Lipinski definition) is 3. The first-order valence-corrected chi connectivity index (χ1v) is 4.92. The molecule has 3 aromatic rings. The maximum atomic E-state index is 5.29. The second-order valence-electron chi connectivity index (χ2n) is 3.46. The van der Waals surface area contributed by atoms with E-state index in [-0.39, 0.29) is 0 Å². The number of ether oxygens (including phenoxy) is 1. The predicted molar refractivity (Wildman–Crippen MR) is 59.4 cm³/mol. The first-order chi connectivity index (χ1) is 7.88. The third-order valence-electron chi connectivity index (χ3n) is 2.56. The maximum absolute atomic E-state index is 5.29. The van der Waals surface area contributed by atoms with E-state index in [1.165, 1.54) is 6.39 Å². The number of rotatable bonds is 2. The Kier molecular flexibility index (Phi) is 1.93. The fourth-order valence-corrected chi connectivity index (χ4v) is 1.77. The molecule has 0 spiro atoms. The van der Waals surface area contributed by atoms with Crippen LogP contribution in [0.4, 0.5) is 0 Å². The molecule has 0 aliphatic rings. The van der Waals surface area contributed by atoms with Crippen LogP contribution in [-0.2, 0) is 0 Å². The third kappa shape index (κ3) is 1.27. The van der Waals surface area contributed by atoms with E-state index in [4.69, 9.17) is 9.15 Å². The van der Waals surface area contributed by atoms with Gasteiger partial charge in [-0.3, -0.25) is 0 Å². The Morgan fingerprint density at radius 1 is 1.31 bits per heavy atom. The average molecular weight is 214 g/mol. The van der Waals surface area contributed by atoms with Crippen LogP contribution in [0.15, 0.2) is 47.6 Å². The van der Waals surface area contributed by atoms with Crippen molar-refractivity contribution >= 4 is 5.52 Å². The minimum atomic E-state index is 0.771. The Labute approximate surface area is 92.1 Å². The summed E-state index contributed by atoms with van der Waals surface area (Å²) in [6.07, 6.45) is 7.03. The molecule has 0 fully saturated rings. The van der Waals surface area contributed by atoms with Gasteiger partial charge < -0.3 is 13.6 Å². The highest BCUT2D eigenvalue weighted by Crippen LogP contribution is 2.26. The Bertz CT molecular complexity index is 611. The lowest BCUT2D eigenvalue weighted by Crippen LogP contribution is -1.87. The number of hydrogen-bond donors (Lipinski definition) is 0. The number of oxazole rings is 1. The first kappa shape index (κ1) is 9.03. The molecule has 3 rings (SSSR count). The zero-order valence-electron chi connectivity index (χ0n) is 8.75. The van der Waals surface area contributed by atoms with E-state index in [0.717, 1.165) is 22.6 Å². The van der Waals surface area contributed by atoms with Crippen molar-refractivity contribution in [2.45, 2.75) is 0 Å². The molecule has 80 valence electrons. The molecule has 3 heterocycles. The molecule has 0 radical (unpaired) electrons. The van der Waals surface area contributed by atoms with E-state index in [9.17, 15) is 0 Å².